The Morgan fingerprint density at radius 3 is 2.28 bits per heavy atom. The third-order valence-corrected chi connectivity index (χ3v) is 4.35. The third kappa shape index (κ3) is 4.21. The zero-order valence-corrected chi connectivity index (χ0v) is 15.6. The number of amides is 1. The highest BCUT2D eigenvalue weighted by Crippen LogP contribution is 2.45. The van der Waals surface area contributed by atoms with Crippen LogP contribution in [-0.4, -0.2) is 35.7 Å². The quantitative estimate of drug-likeness (QED) is 0.611. The molecule has 0 N–H and O–H groups in total. The monoisotopic (exact) mass is 345 g/mol. The van der Waals surface area contributed by atoms with Crippen molar-refractivity contribution in [3.63, 3.8) is 0 Å². The maximum Gasteiger partial charge on any atom is 0.411 e. The van der Waals surface area contributed by atoms with E-state index in [0.29, 0.717) is 6.42 Å². The van der Waals surface area contributed by atoms with Crippen LogP contribution in [-0.2, 0) is 14.3 Å². The molecular formula is C20H27NO4. The predicted octanol–water partition coefficient (Wildman–Crippen LogP) is 4.10. The van der Waals surface area contributed by atoms with E-state index in [9.17, 15) is 9.59 Å². The Hall–Kier alpha value is -2.30. The van der Waals surface area contributed by atoms with Crippen LogP contribution >= 0.6 is 0 Å². The van der Waals surface area contributed by atoms with E-state index in [2.05, 4.69) is 6.58 Å². The standard InChI is InChI=1S/C20H27NO4/c1-13(2)15-12-16(18(22)24-6)21(19(23)25-20(3,4)5)17(15)14-10-8-7-9-11-14/h7-11,15-17H,1,12H2,2-6H3/t15-,16-,17-/m0/s1. The van der Waals surface area contributed by atoms with Gasteiger partial charge in [0.15, 0.2) is 0 Å². The van der Waals surface area contributed by atoms with Gasteiger partial charge in [-0.3, -0.25) is 4.90 Å². The van der Waals surface area contributed by atoms with Crippen molar-refractivity contribution in [3.05, 3.63) is 48.0 Å². The number of esters is 1. The van der Waals surface area contributed by atoms with Gasteiger partial charge in [-0.05, 0) is 39.7 Å². The molecular weight excluding hydrogens is 318 g/mol. The first-order chi connectivity index (χ1) is 11.7. The molecule has 1 aliphatic heterocycles. The molecule has 0 saturated carbocycles. The number of carbonyl (C=O) groups is 2. The van der Waals surface area contributed by atoms with Crippen molar-refractivity contribution in [2.24, 2.45) is 5.92 Å². The van der Waals surface area contributed by atoms with Crippen molar-refractivity contribution in [1.29, 1.82) is 0 Å². The summed E-state index contributed by atoms with van der Waals surface area (Å²) in [6.45, 7) is 11.4. The molecule has 2 rings (SSSR count). The van der Waals surface area contributed by atoms with Gasteiger partial charge in [-0.25, -0.2) is 9.59 Å². The number of benzene rings is 1. The number of ether oxygens (including phenoxy) is 2. The largest absolute Gasteiger partial charge is 0.467 e. The lowest BCUT2D eigenvalue weighted by Gasteiger charge is -2.33. The van der Waals surface area contributed by atoms with Crippen molar-refractivity contribution < 1.29 is 19.1 Å². The van der Waals surface area contributed by atoms with E-state index in [-0.39, 0.29) is 12.0 Å². The first-order valence-electron chi connectivity index (χ1n) is 8.45. The normalized spacial score (nSPS) is 23.2. The minimum Gasteiger partial charge on any atom is -0.467 e. The Bertz CT molecular complexity index is 647. The van der Waals surface area contributed by atoms with Crippen molar-refractivity contribution in [2.75, 3.05) is 7.11 Å². The van der Waals surface area contributed by atoms with Gasteiger partial charge < -0.3 is 9.47 Å². The van der Waals surface area contributed by atoms with E-state index < -0.39 is 23.7 Å². The number of hydrogen-bond donors (Lipinski definition) is 0. The summed E-state index contributed by atoms with van der Waals surface area (Å²) in [5, 5.41) is 0. The zero-order chi connectivity index (χ0) is 18.8. The maximum atomic E-state index is 12.9. The molecule has 0 bridgehead atoms. The van der Waals surface area contributed by atoms with Crippen LogP contribution in [0.1, 0.15) is 45.7 Å². The number of nitrogens with zero attached hydrogens (tertiary/aromatic N) is 1. The first kappa shape index (κ1) is 19.0. The van der Waals surface area contributed by atoms with Gasteiger partial charge in [-0.1, -0.05) is 42.5 Å². The summed E-state index contributed by atoms with van der Waals surface area (Å²) in [5.41, 5.74) is 1.22. The van der Waals surface area contributed by atoms with E-state index in [0.717, 1.165) is 11.1 Å². The lowest BCUT2D eigenvalue weighted by molar-refractivity contribution is -0.146. The van der Waals surface area contributed by atoms with Crippen LogP contribution in [0.4, 0.5) is 4.79 Å². The smallest absolute Gasteiger partial charge is 0.411 e. The second kappa shape index (κ2) is 7.30. The zero-order valence-electron chi connectivity index (χ0n) is 15.6. The van der Waals surface area contributed by atoms with Crippen LogP contribution < -0.4 is 0 Å². The molecule has 0 unspecified atom stereocenters. The Morgan fingerprint density at radius 2 is 1.80 bits per heavy atom. The molecule has 1 aliphatic rings. The second-order valence-corrected chi connectivity index (χ2v) is 7.47. The number of likely N-dealkylation sites (tertiary alicyclic amines) is 1. The molecule has 0 spiro atoms. The van der Waals surface area contributed by atoms with E-state index >= 15 is 0 Å². The summed E-state index contributed by atoms with van der Waals surface area (Å²) >= 11 is 0. The fraction of sp³-hybridized carbons (Fsp3) is 0.500. The van der Waals surface area contributed by atoms with Gasteiger partial charge in [0.25, 0.3) is 0 Å². The van der Waals surface area contributed by atoms with Gasteiger partial charge in [0, 0.05) is 5.92 Å². The topological polar surface area (TPSA) is 55.8 Å². The molecule has 1 aromatic carbocycles. The number of rotatable bonds is 3. The molecule has 0 aliphatic carbocycles. The molecule has 1 saturated heterocycles. The van der Waals surface area contributed by atoms with Crippen molar-refractivity contribution >= 4 is 12.1 Å². The molecule has 1 fully saturated rings. The van der Waals surface area contributed by atoms with Gasteiger partial charge in [0.1, 0.15) is 11.6 Å². The average molecular weight is 345 g/mol. The van der Waals surface area contributed by atoms with Gasteiger partial charge >= 0.3 is 12.1 Å². The van der Waals surface area contributed by atoms with Crippen molar-refractivity contribution in [1.82, 2.24) is 4.90 Å². The SMILES string of the molecule is C=C(C)[C@@H]1C[C@@H](C(=O)OC)N(C(=O)OC(C)(C)C)[C@H]1c1ccccc1. The van der Waals surface area contributed by atoms with Crippen LogP contribution in [0.15, 0.2) is 42.5 Å². The predicted molar refractivity (Wildman–Crippen MR) is 96.0 cm³/mol. The van der Waals surface area contributed by atoms with E-state index in [1.54, 1.807) is 0 Å². The summed E-state index contributed by atoms with van der Waals surface area (Å²) in [5.74, 6) is -0.477. The lowest BCUT2D eigenvalue weighted by Crippen LogP contribution is -2.45. The number of carbonyl (C=O) groups excluding carboxylic acids is 2. The highest BCUT2D eigenvalue weighted by atomic mass is 16.6. The van der Waals surface area contributed by atoms with Crippen LogP contribution in [0.2, 0.25) is 0 Å². The summed E-state index contributed by atoms with van der Waals surface area (Å²) in [6.07, 6.45) is -0.0404. The molecule has 136 valence electrons. The first-order valence-corrected chi connectivity index (χ1v) is 8.45. The van der Waals surface area contributed by atoms with Gasteiger partial charge in [-0.15, -0.1) is 0 Å². The lowest BCUT2D eigenvalue weighted by atomic mass is 9.88. The molecule has 0 aromatic heterocycles. The number of hydrogen-bond acceptors (Lipinski definition) is 4. The molecule has 3 atom stereocenters. The van der Waals surface area contributed by atoms with Gasteiger partial charge in [-0.2, -0.15) is 0 Å². The van der Waals surface area contributed by atoms with Gasteiger partial charge in [0.2, 0.25) is 0 Å². The highest BCUT2D eigenvalue weighted by molar-refractivity contribution is 5.83. The molecule has 5 nitrogen and oxygen atoms in total. The van der Waals surface area contributed by atoms with E-state index in [4.69, 9.17) is 9.47 Å². The Labute approximate surface area is 149 Å². The molecule has 1 heterocycles. The summed E-state index contributed by atoms with van der Waals surface area (Å²) < 4.78 is 10.5. The van der Waals surface area contributed by atoms with Crippen LogP contribution in [0.3, 0.4) is 0 Å². The molecule has 25 heavy (non-hydrogen) atoms. The highest BCUT2D eigenvalue weighted by Gasteiger charge is 2.49. The van der Waals surface area contributed by atoms with Crippen molar-refractivity contribution in [2.45, 2.75) is 51.8 Å². The fourth-order valence-electron chi connectivity index (χ4n) is 3.29. The summed E-state index contributed by atoms with van der Waals surface area (Å²) in [4.78, 5) is 26.8. The average Bonchev–Trinajstić information content (AvgIpc) is 2.94. The minimum atomic E-state index is -0.688. The summed E-state index contributed by atoms with van der Waals surface area (Å²) in [7, 11) is 1.33. The van der Waals surface area contributed by atoms with Crippen LogP contribution in [0.25, 0.3) is 0 Å². The Balaban J connectivity index is 2.49. The number of methoxy groups -OCH3 is 1. The Morgan fingerprint density at radius 1 is 1.20 bits per heavy atom. The van der Waals surface area contributed by atoms with E-state index in [1.807, 2.05) is 58.0 Å². The summed E-state index contributed by atoms with van der Waals surface area (Å²) in [6, 6.07) is 8.68. The second-order valence-electron chi connectivity index (χ2n) is 7.47. The van der Waals surface area contributed by atoms with Crippen LogP contribution in [0.5, 0.6) is 0 Å². The fourth-order valence-corrected chi connectivity index (χ4v) is 3.29. The third-order valence-electron chi connectivity index (χ3n) is 4.35. The molecule has 5 heteroatoms. The molecule has 1 amide bonds. The molecule has 1 aromatic rings. The van der Waals surface area contributed by atoms with E-state index in [1.165, 1.54) is 12.0 Å². The van der Waals surface area contributed by atoms with Crippen molar-refractivity contribution in [3.8, 4) is 0 Å². The van der Waals surface area contributed by atoms with Gasteiger partial charge in [0.05, 0.1) is 13.2 Å². The molecule has 0 radical (unpaired) electrons. The minimum absolute atomic E-state index is 0.0426. The van der Waals surface area contributed by atoms with Crippen LogP contribution in [0, 0.1) is 5.92 Å². The Kier molecular flexibility index (Phi) is 5.55. The maximum absolute atomic E-state index is 12.9.